The number of hydrazine groups is 1. The third kappa shape index (κ3) is 8.83. The Morgan fingerprint density at radius 2 is 1.23 bits per heavy atom. The molecule has 0 atom stereocenters. The minimum absolute atomic E-state index is 0.275. The molecule has 0 amide bonds. The Labute approximate surface area is 310 Å². The van der Waals surface area contributed by atoms with E-state index in [1.54, 1.807) is 14.2 Å². The second kappa shape index (κ2) is 17.0. The minimum atomic E-state index is -0.321. The van der Waals surface area contributed by atoms with Gasteiger partial charge in [-0.25, -0.2) is 29.3 Å². The van der Waals surface area contributed by atoms with Crippen LogP contribution in [0.1, 0.15) is 38.2 Å². The molecule has 1 N–H and O–H groups in total. The van der Waals surface area contributed by atoms with Crippen LogP contribution in [0.25, 0.3) is 22.3 Å². The molecule has 53 heavy (non-hydrogen) atoms. The van der Waals surface area contributed by atoms with Gasteiger partial charge in [0.2, 0.25) is 11.9 Å². The van der Waals surface area contributed by atoms with E-state index in [0.717, 1.165) is 104 Å². The van der Waals surface area contributed by atoms with Gasteiger partial charge in [0, 0.05) is 80.7 Å². The van der Waals surface area contributed by atoms with Crippen molar-refractivity contribution < 1.29 is 18.6 Å². The molecule has 2 saturated heterocycles. The summed E-state index contributed by atoms with van der Waals surface area (Å²) >= 11 is 0. The summed E-state index contributed by atoms with van der Waals surface area (Å²) in [6.07, 6.45) is 11.4. The van der Waals surface area contributed by atoms with E-state index in [1.807, 2.05) is 92.4 Å². The predicted molar refractivity (Wildman–Crippen MR) is 205 cm³/mol. The zero-order valence-electron chi connectivity index (χ0n) is 30.6. The lowest BCUT2D eigenvalue weighted by molar-refractivity contribution is 0.0807. The van der Waals surface area contributed by atoms with Crippen molar-refractivity contribution in [3.63, 3.8) is 0 Å². The van der Waals surface area contributed by atoms with Gasteiger partial charge in [-0.1, -0.05) is 30.3 Å². The summed E-state index contributed by atoms with van der Waals surface area (Å²) in [6.45, 7) is 6.60. The summed E-state index contributed by atoms with van der Waals surface area (Å²) in [5, 5.41) is 2.41. The number of hydrogen-bond donors (Lipinski definition) is 1. The molecule has 0 saturated carbocycles. The fraction of sp³-hybridized carbons (Fsp3) is 0.366. The summed E-state index contributed by atoms with van der Waals surface area (Å²) in [5.41, 5.74) is 8.70. The summed E-state index contributed by atoms with van der Waals surface area (Å²) in [6, 6.07) is 21.6. The Morgan fingerprint density at radius 3 is 1.75 bits per heavy atom. The first-order valence-corrected chi connectivity index (χ1v) is 18.4. The van der Waals surface area contributed by atoms with Gasteiger partial charge in [0.25, 0.3) is 0 Å². The van der Waals surface area contributed by atoms with Gasteiger partial charge in [-0.2, -0.15) is 0 Å². The number of aromatic nitrogens is 4. The van der Waals surface area contributed by atoms with Crippen LogP contribution in [0, 0.1) is 5.82 Å². The lowest BCUT2D eigenvalue weighted by Gasteiger charge is -2.45. The topological polar surface area (TPSA) is 101 Å². The molecule has 2 aromatic heterocycles. The molecule has 11 nitrogen and oxygen atoms in total. The molecule has 12 heteroatoms. The number of methoxy groups -OCH3 is 2. The fourth-order valence-electron chi connectivity index (χ4n) is 7.20. The number of anilines is 2. The number of benzene rings is 3. The first kappa shape index (κ1) is 36.0. The van der Waals surface area contributed by atoms with Gasteiger partial charge in [0.1, 0.15) is 11.5 Å². The molecule has 2 aliphatic heterocycles. The quantitative estimate of drug-likeness (QED) is 0.126. The second-order valence-electron chi connectivity index (χ2n) is 13.5. The number of nitrogens with zero attached hydrogens (tertiary/aromatic N) is 7. The average Bonchev–Trinajstić information content (AvgIpc) is 3.22. The normalized spacial score (nSPS) is 15.8. The van der Waals surface area contributed by atoms with Crippen molar-refractivity contribution in [3.05, 3.63) is 103 Å². The smallest absolute Gasteiger partial charge is 0.237 e. The number of hydrogen-bond acceptors (Lipinski definition) is 11. The van der Waals surface area contributed by atoms with Crippen LogP contribution in [0.2, 0.25) is 0 Å². The third-order valence-corrected chi connectivity index (χ3v) is 10.2. The highest BCUT2D eigenvalue weighted by Gasteiger charge is 2.33. The summed E-state index contributed by atoms with van der Waals surface area (Å²) in [5.74, 6) is 2.96. The maximum Gasteiger partial charge on any atom is 0.237 e. The Morgan fingerprint density at radius 1 is 0.698 bits per heavy atom. The van der Waals surface area contributed by atoms with Crippen LogP contribution >= 0.6 is 0 Å². The second-order valence-corrected chi connectivity index (χ2v) is 13.5. The van der Waals surface area contributed by atoms with Gasteiger partial charge < -0.3 is 19.1 Å². The minimum Gasteiger partial charge on any atom is -0.497 e. The van der Waals surface area contributed by atoms with E-state index in [1.165, 1.54) is 6.07 Å². The van der Waals surface area contributed by atoms with E-state index in [0.29, 0.717) is 24.3 Å². The first-order chi connectivity index (χ1) is 26.0. The van der Waals surface area contributed by atoms with Crippen molar-refractivity contribution >= 4 is 11.9 Å². The predicted octanol–water partition coefficient (Wildman–Crippen LogP) is 7.12. The van der Waals surface area contributed by atoms with E-state index < -0.39 is 0 Å². The maximum absolute atomic E-state index is 14.2. The molecule has 4 heterocycles. The van der Waals surface area contributed by atoms with E-state index in [4.69, 9.17) is 34.1 Å². The van der Waals surface area contributed by atoms with E-state index in [-0.39, 0.29) is 11.9 Å². The molecule has 2 aliphatic rings. The van der Waals surface area contributed by atoms with Gasteiger partial charge in [0.05, 0.1) is 20.8 Å². The average molecular weight is 719 g/mol. The number of piperidine rings is 2. The largest absolute Gasteiger partial charge is 0.497 e. The summed E-state index contributed by atoms with van der Waals surface area (Å²) < 4.78 is 30.3. The van der Waals surface area contributed by atoms with Crippen LogP contribution in [0.5, 0.6) is 17.2 Å². The van der Waals surface area contributed by atoms with Gasteiger partial charge in [0.15, 0.2) is 11.6 Å². The monoisotopic (exact) mass is 718 g/mol. The molecule has 7 rings (SSSR count). The molecule has 0 aliphatic carbocycles. The van der Waals surface area contributed by atoms with Crippen LogP contribution < -0.4 is 24.5 Å². The van der Waals surface area contributed by atoms with Crippen molar-refractivity contribution in [3.8, 4) is 39.5 Å². The standard InChI is InChI=1S/C41H47FN8O3/c1-4-53-39-23-29(5-14-38(39)42)28-48-19-15-34(16-20-48)50(47-40-43-24-32(25-44-40)30-6-10-36(51-2)11-7-30)35-17-21-49(22-18-35)41-45-26-33(27-46-41)31-8-12-37(52-3)13-9-31/h5-14,23-27,34-35H,4,15-22,28H2,1-3H3,(H,43,44,47). The van der Waals surface area contributed by atoms with Crippen molar-refractivity contribution in [2.24, 2.45) is 0 Å². The molecule has 2 fully saturated rings. The maximum atomic E-state index is 14.2. The van der Waals surface area contributed by atoms with Gasteiger partial charge in [-0.05, 0) is 85.7 Å². The van der Waals surface area contributed by atoms with E-state index in [2.05, 4.69) is 20.2 Å². The van der Waals surface area contributed by atoms with Gasteiger partial charge >= 0.3 is 0 Å². The Balaban J connectivity index is 1.02. The highest BCUT2D eigenvalue weighted by atomic mass is 19.1. The van der Waals surface area contributed by atoms with Crippen LogP contribution in [-0.2, 0) is 6.54 Å². The molecule has 0 radical (unpaired) electrons. The zero-order valence-corrected chi connectivity index (χ0v) is 30.6. The molecule has 276 valence electrons. The van der Waals surface area contributed by atoms with Gasteiger partial charge in [-0.3, -0.25) is 10.3 Å². The SMILES string of the molecule is CCOc1cc(CN2CCC(N(Nc3ncc(-c4ccc(OC)cc4)cn3)C3CCN(c4ncc(-c5ccc(OC)cc5)cn4)CC3)CC2)ccc1F. The number of ether oxygens (including phenoxy) is 3. The Hall–Kier alpha value is -5.33. The lowest BCUT2D eigenvalue weighted by Crippen LogP contribution is -2.54. The Kier molecular flexibility index (Phi) is 11.6. The van der Waals surface area contributed by atoms with E-state index in [9.17, 15) is 4.39 Å². The zero-order chi connectivity index (χ0) is 36.6. The number of halogens is 1. The number of rotatable bonds is 13. The van der Waals surface area contributed by atoms with Crippen molar-refractivity contribution in [1.82, 2.24) is 29.8 Å². The van der Waals surface area contributed by atoms with Crippen molar-refractivity contribution in [1.29, 1.82) is 0 Å². The molecule has 0 spiro atoms. The molecule has 0 bridgehead atoms. The molecule has 0 unspecified atom stereocenters. The van der Waals surface area contributed by atoms with Crippen LogP contribution in [0.4, 0.5) is 16.3 Å². The fourth-order valence-corrected chi connectivity index (χ4v) is 7.20. The van der Waals surface area contributed by atoms with Gasteiger partial charge in [-0.15, -0.1) is 0 Å². The molecular weight excluding hydrogens is 672 g/mol. The Bertz CT molecular complexity index is 1900. The van der Waals surface area contributed by atoms with Crippen molar-refractivity contribution in [2.75, 3.05) is 57.3 Å². The highest BCUT2D eigenvalue weighted by Crippen LogP contribution is 2.29. The molecular formula is C41H47FN8O3. The number of nitrogens with one attached hydrogen (secondary N) is 1. The van der Waals surface area contributed by atoms with Crippen molar-refractivity contribution in [2.45, 2.75) is 51.2 Å². The lowest BCUT2D eigenvalue weighted by atomic mass is 9.98. The van der Waals surface area contributed by atoms with Crippen LogP contribution in [0.3, 0.4) is 0 Å². The number of likely N-dealkylation sites (tertiary alicyclic amines) is 1. The summed E-state index contributed by atoms with van der Waals surface area (Å²) in [7, 11) is 3.33. The molecule has 3 aromatic carbocycles. The van der Waals surface area contributed by atoms with E-state index >= 15 is 0 Å². The highest BCUT2D eigenvalue weighted by molar-refractivity contribution is 5.63. The first-order valence-electron chi connectivity index (χ1n) is 18.4. The third-order valence-electron chi connectivity index (χ3n) is 10.2. The summed E-state index contributed by atoms with van der Waals surface area (Å²) in [4.78, 5) is 23.7. The van der Waals surface area contributed by atoms with Crippen LogP contribution in [-0.4, -0.2) is 88.9 Å². The van der Waals surface area contributed by atoms with Crippen LogP contribution in [0.15, 0.2) is 91.5 Å². The molecule has 5 aromatic rings.